The van der Waals surface area contributed by atoms with Crippen LogP contribution in [0.15, 0.2) is 30.3 Å². The van der Waals surface area contributed by atoms with E-state index >= 15 is 0 Å². The minimum atomic E-state index is -0.0250. The van der Waals surface area contributed by atoms with Crippen LogP contribution in [0.2, 0.25) is 0 Å². The average molecular weight is 230 g/mol. The molecular weight excluding hydrogens is 212 g/mol. The lowest BCUT2D eigenvalue weighted by Gasteiger charge is -2.13. The van der Waals surface area contributed by atoms with E-state index < -0.39 is 0 Å². The normalized spacial score (nSPS) is 11.5. The van der Waals surface area contributed by atoms with Crippen molar-refractivity contribution in [3.05, 3.63) is 35.9 Å². The molecule has 0 aliphatic heterocycles. The van der Waals surface area contributed by atoms with Crippen LogP contribution in [0.5, 0.6) is 0 Å². The molecule has 0 fully saturated rings. The quantitative estimate of drug-likeness (QED) is 0.568. The van der Waals surface area contributed by atoms with Gasteiger partial charge < -0.3 is 5.32 Å². The van der Waals surface area contributed by atoms with Gasteiger partial charge in [0, 0.05) is 6.54 Å². The van der Waals surface area contributed by atoms with Crippen LogP contribution in [0, 0.1) is 12.3 Å². The number of carbonyl (C=O) groups is 1. The Balaban J connectivity index is 2.27. The molecule has 0 radical (unpaired) electrons. The summed E-state index contributed by atoms with van der Waals surface area (Å²) in [5.41, 5.74) is 1.23. The van der Waals surface area contributed by atoms with E-state index in [1.807, 2.05) is 18.2 Å². The summed E-state index contributed by atoms with van der Waals surface area (Å²) in [5, 5.41) is 5.72. The minimum absolute atomic E-state index is 0.0250. The fraction of sp³-hybridized carbons (Fsp3) is 0.357. The van der Waals surface area contributed by atoms with Crippen molar-refractivity contribution < 1.29 is 4.79 Å². The van der Waals surface area contributed by atoms with Gasteiger partial charge in [0.1, 0.15) is 0 Å². The van der Waals surface area contributed by atoms with Crippen molar-refractivity contribution >= 4 is 5.91 Å². The van der Waals surface area contributed by atoms with Crippen molar-refractivity contribution in [1.29, 1.82) is 0 Å². The van der Waals surface area contributed by atoms with Crippen LogP contribution in [-0.2, 0) is 4.79 Å². The molecule has 1 amide bonds. The predicted octanol–water partition coefficient (Wildman–Crippen LogP) is 1.13. The van der Waals surface area contributed by atoms with Crippen molar-refractivity contribution in [2.75, 3.05) is 19.6 Å². The maximum Gasteiger partial charge on any atom is 0.234 e. The number of rotatable bonds is 6. The number of hydrogen-bond acceptors (Lipinski definition) is 2. The first kappa shape index (κ1) is 13.3. The lowest BCUT2D eigenvalue weighted by Crippen LogP contribution is -2.35. The van der Waals surface area contributed by atoms with Gasteiger partial charge in [0.15, 0.2) is 0 Å². The third kappa shape index (κ3) is 5.19. The predicted molar refractivity (Wildman–Crippen MR) is 69.6 cm³/mol. The highest BCUT2D eigenvalue weighted by atomic mass is 16.1. The first-order valence-electron chi connectivity index (χ1n) is 5.70. The molecule has 0 spiro atoms. The Bertz CT molecular complexity index is 381. The molecule has 3 nitrogen and oxygen atoms in total. The first-order valence-corrected chi connectivity index (χ1v) is 5.70. The van der Waals surface area contributed by atoms with Crippen molar-refractivity contribution in [2.24, 2.45) is 0 Å². The summed E-state index contributed by atoms with van der Waals surface area (Å²) in [4.78, 5) is 11.4. The Morgan fingerprint density at radius 1 is 1.41 bits per heavy atom. The highest BCUT2D eigenvalue weighted by Gasteiger charge is 2.06. The summed E-state index contributed by atoms with van der Waals surface area (Å²) in [6.45, 7) is 3.42. The van der Waals surface area contributed by atoms with Gasteiger partial charge in [0.05, 0.1) is 13.1 Å². The van der Waals surface area contributed by atoms with Gasteiger partial charge in [0.25, 0.3) is 0 Å². The van der Waals surface area contributed by atoms with E-state index in [4.69, 9.17) is 6.42 Å². The number of hydrogen-bond donors (Lipinski definition) is 2. The minimum Gasteiger partial charge on any atom is -0.354 e. The first-order chi connectivity index (χ1) is 8.24. The number of benzene rings is 1. The summed E-state index contributed by atoms with van der Waals surface area (Å²) in [6, 6.07) is 10.1. The molecule has 1 unspecified atom stereocenters. The van der Waals surface area contributed by atoms with Crippen LogP contribution in [0.3, 0.4) is 0 Å². The Morgan fingerprint density at radius 3 is 2.76 bits per heavy atom. The third-order valence-electron chi connectivity index (χ3n) is 2.49. The molecule has 1 aromatic rings. The Morgan fingerprint density at radius 2 is 2.12 bits per heavy atom. The second-order valence-electron chi connectivity index (χ2n) is 3.92. The molecule has 0 bridgehead atoms. The van der Waals surface area contributed by atoms with Gasteiger partial charge in [-0.05, 0) is 11.5 Å². The van der Waals surface area contributed by atoms with E-state index in [-0.39, 0.29) is 12.5 Å². The summed E-state index contributed by atoms with van der Waals surface area (Å²) in [5.74, 6) is 2.71. The molecule has 3 heteroatoms. The summed E-state index contributed by atoms with van der Waals surface area (Å²) < 4.78 is 0. The number of carbonyl (C=O) groups excluding carboxylic acids is 1. The van der Waals surface area contributed by atoms with Gasteiger partial charge in [-0.3, -0.25) is 10.1 Å². The largest absolute Gasteiger partial charge is 0.354 e. The second kappa shape index (κ2) is 7.48. The zero-order valence-electron chi connectivity index (χ0n) is 10.1. The second-order valence-corrected chi connectivity index (χ2v) is 3.92. The Kier molecular flexibility index (Phi) is 5.84. The van der Waals surface area contributed by atoms with E-state index in [0.29, 0.717) is 19.0 Å². The number of terminal acetylenes is 1. The average Bonchev–Trinajstić information content (AvgIpc) is 2.37. The molecule has 0 heterocycles. The van der Waals surface area contributed by atoms with E-state index in [1.54, 1.807) is 0 Å². The highest BCUT2D eigenvalue weighted by Crippen LogP contribution is 2.12. The zero-order valence-corrected chi connectivity index (χ0v) is 10.1. The maximum absolute atomic E-state index is 11.4. The van der Waals surface area contributed by atoms with Crippen LogP contribution in [0.4, 0.5) is 0 Å². The van der Waals surface area contributed by atoms with Crippen molar-refractivity contribution in [1.82, 2.24) is 10.6 Å². The monoisotopic (exact) mass is 230 g/mol. The molecule has 1 atom stereocenters. The van der Waals surface area contributed by atoms with Gasteiger partial charge >= 0.3 is 0 Å². The van der Waals surface area contributed by atoms with Gasteiger partial charge in [-0.1, -0.05) is 43.2 Å². The number of amides is 1. The summed E-state index contributed by atoms with van der Waals surface area (Å²) in [6.07, 6.45) is 5.07. The standard InChI is InChI=1S/C14H18N2O/c1-3-9-15-11-14(17)16-10-12(2)13-7-5-4-6-8-13/h1,4-8,12,15H,9-11H2,2H3,(H,16,17). The fourth-order valence-corrected chi connectivity index (χ4v) is 1.48. The summed E-state index contributed by atoms with van der Waals surface area (Å²) >= 11 is 0. The zero-order chi connectivity index (χ0) is 12.5. The van der Waals surface area contributed by atoms with E-state index in [1.165, 1.54) is 5.56 Å². The van der Waals surface area contributed by atoms with Gasteiger partial charge in [0.2, 0.25) is 5.91 Å². The fourth-order valence-electron chi connectivity index (χ4n) is 1.48. The molecule has 2 N–H and O–H groups in total. The van der Waals surface area contributed by atoms with Gasteiger partial charge in [-0.15, -0.1) is 6.42 Å². The highest BCUT2D eigenvalue weighted by molar-refractivity contribution is 5.78. The molecule has 1 rings (SSSR count). The van der Waals surface area contributed by atoms with E-state index in [2.05, 4.69) is 35.6 Å². The third-order valence-corrected chi connectivity index (χ3v) is 2.49. The van der Waals surface area contributed by atoms with E-state index in [0.717, 1.165) is 0 Å². The van der Waals surface area contributed by atoms with Crippen LogP contribution in [0.1, 0.15) is 18.4 Å². The molecule has 0 saturated heterocycles. The number of nitrogens with one attached hydrogen (secondary N) is 2. The van der Waals surface area contributed by atoms with Crippen molar-refractivity contribution in [2.45, 2.75) is 12.8 Å². The topological polar surface area (TPSA) is 41.1 Å². The molecule has 0 aromatic heterocycles. The lowest BCUT2D eigenvalue weighted by molar-refractivity contribution is -0.120. The molecule has 1 aromatic carbocycles. The van der Waals surface area contributed by atoms with Crippen LogP contribution in [-0.4, -0.2) is 25.5 Å². The molecule has 0 aliphatic rings. The maximum atomic E-state index is 11.4. The Hall–Kier alpha value is -1.79. The van der Waals surface area contributed by atoms with Crippen LogP contribution >= 0.6 is 0 Å². The molecular formula is C14H18N2O. The van der Waals surface area contributed by atoms with Crippen LogP contribution in [0.25, 0.3) is 0 Å². The smallest absolute Gasteiger partial charge is 0.234 e. The Labute approximate surface area is 103 Å². The lowest BCUT2D eigenvalue weighted by atomic mass is 10.0. The van der Waals surface area contributed by atoms with E-state index in [9.17, 15) is 4.79 Å². The molecule has 0 saturated carbocycles. The van der Waals surface area contributed by atoms with Crippen molar-refractivity contribution in [3.8, 4) is 12.3 Å². The molecule has 0 aliphatic carbocycles. The summed E-state index contributed by atoms with van der Waals surface area (Å²) in [7, 11) is 0. The molecule has 17 heavy (non-hydrogen) atoms. The molecule has 90 valence electrons. The SMILES string of the molecule is C#CCNCC(=O)NCC(C)c1ccccc1. The van der Waals surface area contributed by atoms with Gasteiger partial charge in [-0.25, -0.2) is 0 Å². The van der Waals surface area contributed by atoms with Crippen molar-refractivity contribution in [3.63, 3.8) is 0 Å². The van der Waals surface area contributed by atoms with Gasteiger partial charge in [-0.2, -0.15) is 0 Å². The van der Waals surface area contributed by atoms with Crippen LogP contribution < -0.4 is 10.6 Å².